The molecular weight excluding hydrogens is 467 g/mol. The summed E-state index contributed by atoms with van der Waals surface area (Å²) in [6.45, 7) is 5.58. The molecule has 0 spiro atoms. The Bertz CT molecular complexity index is 1230. The first-order chi connectivity index (χ1) is 16.6. The summed E-state index contributed by atoms with van der Waals surface area (Å²) in [7, 11) is -2.54. The lowest BCUT2D eigenvalue weighted by Crippen LogP contribution is -2.42. The molecule has 3 aromatic carbocycles. The van der Waals surface area contributed by atoms with Gasteiger partial charge in [-0.2, -0.15) is 0 Å². The van der Waals surface area contributed by atoms with Gasteiger partial charge < -0.3 is 10.1 Å². The molecule has 1 amide bonds. The molecule has 0 saturated heterocycles. The van der Waals surface area contributed by atoms with Crippen LogP contribution in [0.15, 0.2) is 77.7 Å². The molecule has 35 heavy (non-hydrogen) atoms. The van der Waals surface area contributed by atoms with Gasteiger partial charge in [-0.1, -0.05) is 43.7 Å². The van der Waals surface area contributed by atoms with Crippen LogP contribution in [0.4, 0.5) is 10.1 Å². The maximum absolute atomic E-state index is 13.5. The number of hydrogen-bond acceptors (Lipinski definition) is 4. The molecule has 1 N–H and O–H groups in total. The van der Waals surface area contributed by atoms with E-state index in [1.54, 1.807) is 31.4 Å². The van der Waals surface area contributed by atoms with Crippen LogP contribution in [0.2, 0.25) is 0 Å². The van der Waals surface area contributed by atoms with E-state index in [2.05, 4.69) is 19.2 Å². The molecule has 0 aliphatic carbocycles. The summed E-state index contributed by atoms with van der Waals surface area (Å²) in [5, 5.41) is 3.00. The number of methoxy groups -OCH3 is 1. The predicted octanol–water partition coefficient (Wildman–Crippen LogP) is 5.24. The highest BCUT2D eigenvalue weighted by molar-refractivity contribution is 7.92. The van der Waals surface area contributed by atoms with Crippen molar-refractivity contribution in [2.24, 2.45) is 5.92 Å². The van der Waals surface area contributed by atoms with E-state index in [1.807, 2.05) is 31.2 Å². The zero-order valence-electron chi connectivity index (χ0n) is 20.4. The zero-order chi connectivity index (χ0) is 25.6. The Balaban J connectivity index is 1.91. The average molecular weight is 499 g/mol. The topological polar surface area (TPSA) is 75.7 Å². The fourth-order valence-corrected chi connectivity index (χ4v) is 5.14. The highest BCUT2D eigenvalue weighted by Crippen LogP contribution is 2.26. The molecule has 0 aliphatic heterocycles. The Morgan fingerprint density at radius 2 is 1.57 bits per heavy atom. The number of benzene rings is 3. The van der Waals surface area contributed by atoms with Gasteiger partial charge in [-0.3, -0.25) is 9.10 Å². The van der Waals surface area contributed by atoms with Crippen molar-refractivity contribution in [1.29, 1.82) is 0 Å². The first-order valence-electron chi connectivity index (χ1n) is 11.4. The van der Waals surface area contributed by atoms with Gasteiger partial charge in [0.25, 0.3) is 10.0 Å². The summed E-state index contributed by atoms with van der Waals surface area (Å²) in [4.78, 5) is 13.1. The van der Waals surface area contributed by atoms with Crippen LogP contribution in [0.1, 0.15) is 37.4 Å². The Morgan fingerprint density at radius 3 is 2.11 bits per heavy atom. The third-order valence-electron chi connectivity index (χ3n) is 5.57. The molecule has 0 saturated carbocycles. The van der Waals surface area contributed by atoms with Crippen molar-refractivity contribution in [2.45, 2.75) is 38.1 Å². The van der Waals surface area contributed by atoms with E-state index in [0.29, 0.717) is 23.8 Å². The number of ether oxygens (including phenoxy) is 1. The Morgan fingerprint density at radius 1 is 0.971 bits per heavy atom. The number of carbonyl (C=O) groups excluding carboxylic acids is 1. The SMILES string of the molecule is COc1ccc([C@H](CC(C)C)NC(=O)CN(c2ccc(C)cc2)S(=O)(=O)c2ccc(F)cc2)cc1. The van der Waals surface area contributed by atoms with Gasteiger partial charge in [0.1, 0.15) is 18.1 Å². The van der Waals surface area contributed by atoms with Crippen molar-refractivity contribution < 1.29 is 22.3 Å². The number of hydrogen-bond donors (Lipinski definition) is 1. The second kappa shape index (κ2) is 11.4. The maximum Gasteiger partial charge on any atom is 0.264 e. The molecule has 0 radical (unpaired) electrons. The van der Waals surface area contributed by atoms with E-state index in [4.69, 9.17) is 4.74 Å². The van der Waals surface area contributed by atoms with Crippen molar-refractivity contribution in [2.75, 3.05) is 18.0 Å². The van der Waals surface area contributed by atoms with E-state index in [-0.39, 0.29) is 10.9 Å². The normalized spacial score (nSPS) is 12.3. The van der Waals surface area contributed by atoms with Crippen molar-refractivity contribution in [3.05, 3.63) is 89.7 Å². The first-order valence-corrected chi connectivity index (χ1v) is 12.8. The van der Waals surface area contributed by atoms with Crippen LogP contribution in [-0.4, -0.2) is 28.0 Å². The van der Waals surface area contributed by atoms with E-state index in [9.17, 15) is 17.6 Å². The summed E-state index contributed by atoms with van der Waals surface area (Å²) in [5.74, 6) is 0.00943. The highest BCUT2D eigenvalue weighted by atomic mass is 32.2. The fraction of sp³-hybridized carbons (Fsp3) is 0.296. The molecular formula is C27H31FN2O4S. The molecule has 0 aliphatic rings. The fourth-order valence-electron chi connectivity index (χ4n) is 3.72. The van der Waals surface area contributed by atoms with Crippen LogP contribution < -0.4 is 14.4 Å². The van der Waals surface area contributed by atoms with Crippen LogP contribution in [0.25, 0.3) is 0 Å². The van der Waals surface area contributed by atoms with Crippen molar-refractivity contribution in [1.82, 2.24) is 5.32 Å². The smallest absolute Gasteiger partial charge is 0.264 e. The molecule has 0 bridgehead atoms. The third-order valence-corrected chi connectivity index (χ3v) is 7.36. The second-order valence-electron chi connectivity index (χ2n) is 8.82. The third kappa shape index (κ3) is 6.82. The van der Waals surface area contributed by atoms with Crippen molar-refractivity contribution in [3.63, 3.8) is 0 Å². The van der Waals surface area contributed by atoms with Crippen LogP contribution >= 0.6 is 0 Å². The van der Waals surface area contributed by atoms with Crippen LogP contribution in [0, 0.1) is 18.7 Å². The molecule has 0 aromatic heterocycles. The number of nitrogens with one attached hydrogen (secondary N) is 1. The number of amides is 1. The monoisotopic (exact) mass is 498 g/mol. The van der Waals surface area contributed by atoms with Gasteiger partial charge in [-0.05, 0) is 73.4 Å². The van der Waals surface area contributed by atoms with Gasteiger partial charge in [0.2, 0.25) is 5.91 Å². The predicted molar refractivity (Wildman–Crippen MR) is 135 cm³/mol. The number of nitrogens with zero attached hydrogens (tertiary/aromatic N) is 1. The van der Waals surface area contributed by atoms with Gasteiger partial charge in [-0.15, -0.1) is 0 Å². The zero-order valence-corrected chi connectivity index (χ0v) is 21.2. The number of halogens is 1. The lowest BCUT2D eigenvalue weighted by Gasteiger charge is -2.27. The van der Waals surface area contributed by atoms with Gasteiger partial charge in [0.05, 0.1) is 23.7 Å². The average Bonchev–Trinajstić information content (AvgIpc) is 2.83. The molecule has 0 fully saturated rings. The quantitative estimate of drug-likeness (QED) is 0.415. The number of aryl methyl sites for hydroxylation is 1. The van der Waals surface area contributed by atoms with Crippen LogP contribution in [-0.2, 0) is 14.8 Å². The van der Waals surface area contributed by atoms with Gasteiger partial charge >= 0.3 is 0 Å². The number of anilines is 1. The summed E-state index contributed by atoms with van der Waals surface area (Å²) >= 11 is 0. The standard InChI is InChI=1S/C27H31FN2O4S/c1-19(2)17-26(21-7-13-24(34-4)14-8-21)29-27(31)18-30(23-11-5-20(3)6-12-23)35(32,33)25-15-9-22(28)10-16-25/h5-16,19,26H,17-18H2,1-4H3,(H,29,31)/t26-/m0/s1. The van der Waals surface area contributed by atoms with Gasteiger partial charge in [-0.25, -0.2) is 12.8 Å². The van der Waals surface area contributed by atoms with Crippen molar-refractivity contribution in [3.8, 4) is 5.75 Å². The molecule has 0 heterocycles. The van der Waals surface area contributed by atoms with Crippen molar-refractivity contribution >= 4 is 21.6 Å². The van der Waals surface area contributed by atoms with Gasteiger partial charge in [0.15, 0.2) is 0 Å². The van der Waals surface area contributed by atoms with Crippen LogP contribution in [0.5, 0.6) is 5.75 Å². The number of rotatable bonds is 10. The molecule has 3 rings (SSSR count). The number of sulfonamides is 1. The van der Waals surface area contributed by atoms with Crippen LogP contribution in [0.3, 0.4) is 0 Å². The lowest BCUT2D eigenvalue weighted by molar-refractivity contribution is -0.120. The van der Waals surface area contributed by atoms with E-state index < -0.39 is 28.3 Å². The lowest BCUT2D eigenvalue weighted by atomic mass is 9.97. The molecule has 1 atom stereocenters. The maximum atomic E-state index is 13.5. The molecule has 186 valence electrons. The second-order valence-corrected chi connectivity index (χ2v) is 10.7. The van der Waals surface area contributed by atoms with E-state index in [0.717, 1.165) is 27.6 Å². The molecule has 6 nitrogen and oxygen atoms in total. The Kier molecular flexibility index (Phi) is 8.51. The molecule has 8 heteroatoms. The summed E-state index contributed by atoms with van der Waals surface area (Å²) in [6, 6.07) is 18.5. The van der Waals surface area contributed by atoms with Gasteiger partial charge in [0, 0.05) is 0 Å². The first kappa shape index (κ1) is 26.2. The Hall–Kier alpha value is -3.39. The minimum absolute atomic E-state index is 0.0961. The summed E-state index contributed by atoms with van der Waals surface area (Å²) in [6.07, 6.45) is 0.674. The molecule has 0 unspecified atom stereocenters. The summed E-state index contributed by atoms with van der Waals surface area (Å²) in [5.41, 5.74) is 2.20. The molecule has 3 aromatic rings. The minimum atomic E-state index is -4.12. The minimum Gasteiger partial charge on any atom is -0.497 e. The number of carbonyl (C=O) groups is 1. The Labute approximate surface area is 206 Å². The largest absolute Gasteiger partial charge is 0.497 e. The van der Waals surface area contributed by atoms with E-state index >= 15 is 0 Å². The summed E-state index contributed by atoms with van der Waals surface area (Å²) < 4.78 is 46.7. The highest BCUT2D eigenvalue weighted by Gasteiger charge is 2.28. The van der Waals surface area contributed by atoms with E-state index in [1.165, 1.54) is 12.1 Å².